The van der Waals surface area contributed by atoms with E-state index in [2.05, 4.69) is 25.8 Å². The fraction of sp³-hybridized carbons (Fsp3) is 0.346. The van der Waals surface area contributed by atoms with Gasteiger partial charge in [-0.15, -0.1) is 0 Å². The van der Waals surface area contributed by atoms with Gasteiger partial charge in [-0.25, -0.2) is 9.37 Å². The van der Waals surface area contributed by atoms with Crippen LogP contribution >= 0.6 is 0 Å². The highest BCUT2D eigenvalue weighted by Gasteiger charge is 2.32. The Labute approximate surface area is 186 Å². The molecular weight excluding hydrogens is 418 g/mol. The number of alkyl halides is 3. The maximum Gasteiger partial charge on any atom is 0.416 e. The fourth-order valence-corrected chi connectivity index (χ4v) is 3.48. The van der Waals surface area contributed by atoms with Crippen LogP contribution in [0.4, 0.5) is 17.6 Å². The van der Waals surface area contributed by atoms with Crippen LogP contribution in [0.25, 0.3) is 22.5 Å². The zero-order valence-corrected chi connectivity index (χ0v) is 19.0. The molecule has 0 amide bonds. The van der Waals surface area contributed by atoms with E-state index in [1.54, 1.807) is 12.1 Å². The van der Waals surface area contributed by atoms with E-state index < -0.39 is 17.6 Å². The van der Waals surface area contributed by atoms with E-state index in [0.717, 1.165) is 23.3 Å². The van der Waals surface area contributed by atoms with Crippen molar-refractivity contribution in [3.05, 3.63) is 71.0 Å². The molecule has 1 aromatic heterocycles. The van der Waals surface area contributed by atoms with Crippen molar-refractivity contribution in [3.63, 3.8) is 0 Å². The van der Waals surface area contributed by atoms with Crippen molar-refractivity contribution in [2.45, 2.75) is 58.5 Å². The number of nitrogens with zero attached hydrogens (tertiary/aromatic N) is 1. The highest BCUT2D eigenvalue weighted by atomic mass is 19.4. The van der Waals surface area contributed by atoms with E-state index in [1.807, 2.05) is 32.9 Å². The van der Waals surface area contributed by atoms with Crippen molar-refractivity contribution in [1.29, 1.82) is 0 Å². The number of aromatic hydroxyl groups is 1. The zero-order valence-electron chi connectivity index (χ0n) is 19.0. The molecule has 6 heteroatoms. The SMILES string of the molecule is CC(C)(C)c1cc(-c2cccc(-c3cc(F)cc(C(F)(F)F)c3)n2)c(O)c(C(C)(C)C)c1. The van der Waals surface area contributed by atoms with Crippen LogP contribution in [0.5, 0.6) is 5.75 Å². The van der Waals surface area contributed by atoms with Crippen LogP contribution in [-0.2, 0) is 17.0 Å². The van der Waals surface area contributed by atoms with E-state index in [1.165, 1.54) is 6.07 Å². The van der Waals surface area contributed by atoms with Gasteiger partial charge in [-0.05, 0) is 52.8 Å². The van der Waals surface area contributed by atoms with Crippen molar-refractivity contribution < 1.29 is 22.7 Å². The van der Waals surface area contributed by atoms with Crippen LogP contribution < -0.4 is 0 Å². The molecule has 170 valence electrons. The van der Waals surface area contributed by atoms with Crippen LogP contribution in [0.1, 0.15) is 58.2 Å². The lowest BCUT2D eigenvalue weighted by Gasteiger charge is -2.27. The predicted octanol–water partition coefficient (Wildman–Crippen LogP) is 7.87. The summed E-state index contributed by atoms with van der Waals surface area (Å²) in [7, 11) is 0. The molecule has 0 aliphatic rings. The second-order valence-electron chi connectivity index (χ2n) is 10.1. The normalized spacial score (nSPS) is 12.8. The zero-order chi connectivity index (χ0) is 24.1. The van der Waals surface area contributed by atoms with Gasteiger partial charge in [-0.2, -0.15) is 13.2 Å². The number of pyridine rings is 1. The van der Waals surface area contributed by atoms with Gasteiger partial charge in [-0.1, -0.05) is 53.7 Å². The largest absolute Gasteiger partial charge is 0.507 e. The highest BCUT2D eigenvalue weighted by molar-refractivity contribution is 5.73. The lowest BCUT2D eigenvalue weighted by atomic mass is 9.78. The van der Waals surface area contributed by atoms with Crippen molar-refractivity contribution >= 4 is 0 Å². The molecule has 3 aromatic rings. The van der Waals surface area contributed by atoms with E-state index >= 15 is 0 Å². The van der Waals surface area contributed by atoms with Crippen LogP contribution in [0.15, 0.2) is 48.5 Å². The molecule has 1 N–H and O–H groups in total. The van der Waals surface area contributed by atoms with Crippen LogP contribution in [0.3, 0.4) is 0 Å². The molecule has 0 aliphatic heterocycles. The molecular formula is C26H27F4NO. The Morgan fingerprint density at radius 1 is 0.750 bits per heavy atom. The Balaban J connectivity index is 2.22. The average molecular weight is 446 g/mol. The number of hydrogen-bond acceptors (Lipinski definition) is 2. The summed E-state index contributed by atoms with van der Waals surface area (Å²) in [6.07, 6.45) is -4.67. The predicted molar refractivity (Wildman–Crippen MR) is 119 cm³/mol. The first kappa shape index (κ1) is 23.8. The van der Waals surface area contributed by atoms with Gasteiger partial charge in [0.05, 0.1) is 17.0 Å². The smallest absolute Gasteiger partial charge is 0.416 e. The standard InChI is InChI=1S/C26H27F4NO/c1-24(2,3)16-13-19(23(32)20(14-16)25(4,5)6)22-9-7-8-21(31-22)15-10-17(26(28,29)30)12-18(27)11-15/h7-14,32H,1-6H3. The Morgan fingerprint density at radius 3 is 1.94 bits per heavy atom. The van der Waals surface area contributed by atoms with Crippen molar-refractivity contribution in [3.8, 4) is 28.3 Å². The molecule has 0 bridgehead atoms. The first-order valence-corrected chi connectivity index (χ1v) is 10.3. The minimum absolute atomic E-state index is 0.0154. The number of phenols is 1. The van der Waals surface area contributed by atoms with Crippen molar-refractivity contribution in [2.24, 2.45) is 0 Å². The first-order valence-electron chi connectivity index (χ1n) is 10.3. The third-order valence-corrected chi connectivity index (χ3v) is 5.33. The van der Waals surface area contributed by atoms with Crippen molar-refractivity contribution in [1.82, 2.24) is 4.98 Å². The van der Waals surface area contributed by atoms with Gasteiger partial charge in [0.1, 0.15) is 11.6 Å². The Bertz CT molecular complexity index is 1150. The number of rotatable bonds is 2. The van der Waals surface area contributed by atoms with E-state index in [9.17, 15) is 22.7 Å². The summed E-state index contributed by atoms with van der Waals surface area (Å²) in [6, 6.07) is 11.0. The summed E-state index contributed by atoms with van der Waals surface area (Å²) in [6.45, 7) is 12.2. The quantitative estimate of drug-likeness (QED) is 0.407. The van der Waals surface area contributed by atoms with Gasteiger partial charge in [0.2, 0.25) is 0 Å². The number of aromatic nitrogens is 1. The topological polar surface area (TPSA) is 33.1 Å². The summed E-state index contributed by atoms with van der Waals surface area (Å²) in [5.74, 6) is -0.917. The Morgan fingerprint density at radius 2 is 1.38 bits per heavy atom. The van der Waals surface area contributed by atoms with E-state index in [0.29, 0.717) is 17.3 Å². The van der Waals surface area contributed by atoms with Crippen molar-refractivity contribution in [2.75, 3.05) is 0 Å². The minimum atomic E-state index is -4.67. The van der Waals surface area contributed by atoms with Crippen LogP contribution in [0, 0.1) is 5.82 Å². The Kier molecular flexibility index (Phi) is 5.87. The molecule has 0 saturated carbocycles. The van der Waals surface area contributed by atoms with Gasteiger partial charge in [0.15, 0.2) is 0 Å². The Hall–Kier alpha value is -2.89. The van der Waals surface area contributed by atoms with Gasteiger partial charge in [0, 0.05) is 16.7 Å². The number of halogens is 4. The second-order valence-corrected chi connectivity index (χ2v) is 10.1. The minimum Gasteiger partial charge on any atom is -0.507 e. The number of phenolic OH excluding ortho intramolecular Hbond substituents is 1. The summed E-state index contributed by atoms with van der Waals surface area (Å²) >= 11 is 0. The highest BCUT2D eigenvalue weighted by Crippen LogP contribution is 2.42. The monoisotopic (exact) mass is 445 g/mol. The molecule has 3 rings (SSSR count). The van der Waals surface area contributed by atoms with E-state index in [4.69, 9.17) is 0 Å². The molecule has 0 saturated heterocycles. The molecule has 2 aromatic carbocycles. The van der Waals surface area contributed by atoms with Gasteiger partial charge in [-0.3, -0.25) is 0 Å². The average Bonchev–Trinajstić information content (AvgIpc) is 2.65. The number of benzene rings is 2. The maximum atomic E-state index is 13.9. The lowest BCUT2D eigenvalue weighted by Crippen LogP contribution is -2.17. The molecule has 0 spiro atoms. The van der Waals surface area contributed by atoms with Crippen LogP contribution in [0.2, 0.25) is 0 Å². The molecule has 0 aliphatic carbocycles. The van der Waals surface area contributed by atoms with Gasteiger partial charge in [0.25, 0.3) is 0 Å². The molecule has 0 unspecified atom stereocenters. The maximum absolute atomic E-state index is 13.9. The summed E-state index contributed by atoms with van der Waals surface area (Å²) in [5, 5.41) is 11.1. The molecule has 0 fully saturated rings. The summed E-state index contributed by atoms with van der Waals surface area (Å²) in [4.78, 5) is 4.49. The first-order chi connectivity index (χ1) is 14.6. The number of hydrogen-bond donors (Lipinski definition) is 1. The van der Waals surface area contributed by atoms with Gasteiger partial charge >= 0.3 is 6.18 Å². The van der Waals surface area contributed by atoms with Gasteiger partial charge < -0.3 is 5.11 Å². The molecule has 0 radical (unpaired) electrons. The lowest BCUT2D eigenvalue weighted by molar-refractivity contribution is -0.137. The molecule has 0 atom stereocenters. The third kappa shape index (κ3) is 4.95. The summed E-state index contributed by atoms with van der Waals surface area (Å²) in [5.41, 5.74) is 1.20. The fourth-order valence-electron chi connectivity index (χ4n) is 3.48. The summed E-state index contributed by atoms with van der Waals surface area (Å²) < 4.78 is 53.4. The molecule has 2 nitrogen and oxygen atoms in total. The molecule has 1 heterocycles. The van der Waals surface area contributed by atoms with E-state index in [-0.39, 0.29) is 27.8 Å². The second kappa shape index (κ2) is 7.91. The van der Waals surface area contributed by atoms with Crippen LogP contribution in [-0.4, -0.2) is 10.1 Å². The molecule has 32 heavy (non-hydrogen) atoms. The third-order valence-electron chi connectivity index (χ3n) is 5.33.